The first kappa shape index (κ1) is 13.9. The quantitative estimate of drug-likeness (QED) is 0.713. The van der Waals surface area contributed by atoms with E-state index in [1.54, 1.807) is 0 Å². The molecule has 3 aromatic carbocycles. The van der Waals surface area contributed by atoms with E-state index < -0.39 is 6.10 Å². The van der Waals surface area contributed by atoms with Gasteiger partial charge in [-0.05, 0) is 28.8 Å². The minimum atomic E-state index is -0.647. The van der Waals surface area contributed by atoms with Crippen molar-refractivity contribution in [2.75, 3.05) is 0 Å². The molecular formula is C19H15ClO. The van der Waals surface area contributed by atoms with E-state index in [-0.39, 0.29) is 0 Å². The van der Waals surface area contributed by atoms with Crippen LogP contribution in [0.25, 0.3) is 11.1 Å². The summed E-state index contributed by atoms with van der Waals surface area (Å²) in [6.07, 6.45) is -0.647. The molecule has 1 nitrogen and oxygen atoms in total. The number of hydrogen-bond acceptors (Lipinski definition) is 1. The summed E-state index contributed by atoms with van der Waals surface area (Å²) in [7, 11) is 0. The summed E-state index contributed by atoms with van der Waals surface area (Å²) in [6, 6.07) is 25.2. The molecule has 0 fully saturated rings. The number of benzene rings is 3. The standard InChI is InChI=1S/C19H15ClO/c20-18-12-11-16(19(21)15-9-5-2-6-10-15)13-17(18)14-7-3-1-4-8-14/h1-13,19,21H. The normalized spacial score (nSPS) is 12.1. The Labute approximate surface area is 129 Å². The molecule has 0 heterocycles. The van der Waals surface area contributed by atoms with Crippen LogP contribution in [-0.2, 0) is 0 Å². The summed E-state index contributed by atoms with van der Waals surface area (Å²) < 4.78 is 0. The highest BCUT2D eigenvalue weighted by Crippen LogP contribution is 2.32. The van der Waals surface area contributed by atoms with Gasteiger partial charge in [-0.2, -0.15) is 0 Å². The molecule has 3 aromatic rings. The monoisotopic (exact) mass is 294 g/mol. The number of aliphatic hydroxyl groups is 1. The Morgan fingerprint density at radius 1 is 0.714 bits per heavy atom. The predicted molar refractivity (Wildman–Crippen MR) is 87.4 cm³/mol. The summed E-state index contributed by atoms with van der Waals surface area (Å²) in [5.74, 6) is 0. The minimum absolute atomic E-state index is 0.647. The highest BCUT2D eigenvalue weighted by Gasteiger charge is 2.12. The molecule has 0 aromatic heterocycles. The molecule has 0 aliphatic rings. The van der Waals surface area contributed by atoms with Gasteiger partial charge in [-0.3, -0.25) is 0 Å². The Morgan fingerprint density at radius 3 is 2.00 bits per heavy atom. The fraction of sp³-hybridized carbons (Fsp3) is 0.0526. The van der Waals surface area contributed by atoms with Crippen LogP contribution in [0, 0.1) is 0 Å². The van der Waals surface area contributed by atoms with E-state index in [0.717, 1.165) is 22.3 Å². The van der Waals surface area contributed by atoms with Crippen LogP contribution in [0.5, 0.6) is 0 Å². The maximum atomic E-state index is 10.5. The number of rotatable bonds is 3. The Kier molecular flexibility index (Phi) is 4.05. The molecule has 0 aliphatic carbocycles. The first-order chi connectivity index (χ1) is 10.3. The lowest BCUT2D eigenvalue weighted by molar-refractivity contribution is 0.220. The molecular weight excluding hydrogens is 280 g/mol. The zero-order valence-corrected chi connectivity index (χ0v) is 12.2. The van der Waals surface area contributed by atoms with Crippen LogP contribution in [0.1, 0.15) is 17.2 Å². The second kappa shape index (κ2) is 6.13. The molecule has 0 spiro atoms. The summed E-state index contributed by atoms with van der Waals surface area (Å²) in [5, 5.41) is 11.2. The molecule has 0 radical (unpaired) electrons. The molecule has 104 valence electrons. The van der Waals surface area contributed by atoms with Crippen LogP contribution in [0.2, 0.25) is 5.02 Å². The maximum absolute atomic E-state index is 10.5. The van der Waals surface area contributed by atoms with Gasteiger partial charge in [0.05, 0.1) is 0 Å². The van der Waals surface area contributed by atoms with E-state index in [2.05, 4.69) is 0 Å². The zero-order chi connectivity index (χ0) is 14.7. The number of aliphatic hydroxyl groups excluding tert-OH is 1. The zero-order valence-electron chi connectivity index (χ0n) is 11.4. The van der Waals surface area contributed by atoms with Gasteiger partial charge in [-0.25, -0.2) is 0 Å². The van der Waals surface area contributed by atoms with E-state index in [4.69, 9.17) is 11.6 Å². The first-order valence-electron chi connectivity index (χ1n) is 6.83. The van der Waals surface area contributed by atoms with Crippen molar-refractivity contribution >= 4 is 11.6 Å². The lowest BCUT2D eigenvalue weighted by atomic mass is 9.97. The van der Waals surface area contributed by atoms with Gasteiger partial charge in [0.1, 0.15) is 6.10 Å². The SMILES string of the molecule is OC(c1ccccc1)c1ccc(Cl)c(-c2ccccc2)c1. The molecule has 0 amide bonds. The molecule has 2 heteroatoms. The van der Waals surface area contributed by atoms with Gasteiger partial charge in [0.15, 0.2) is 0 Å². The van der Waals surface area contributed by atoms with Crippen molar-refractivity contribution in [3.05, 3.63) is 95.0 Å². The average Bonchev–Trinajstić information content (AvgIpc) is 2.56. The fourth-order valence-electron chi connectivity index (χ4n) is 2.38. The van der Waals surface area contributed by atoms with Crippen molar-refractivity contribution in [2.45, 2.75) is 6.10 Å². The number of halogens is 1. The van der Waals surface area contributed by atoms with Gasteiger partial charge in [0.2, 0.25) is 0 Å². The van der Waals surface area contributed by atoms with Gasteiger partial charge in [0.25, 0.3) is 0 Å². The fourth-order valence-corrected chi connectivity index (χ4v) is 2.61. The third-order valence-corrected chi connectivity index (χ3v) is 3.84. The van der Waals surface area contributed by atoms with Crippen LogP contribution in [0.15, 0.2) is 78.9 Å². The Balaban J connectivity index is 2.02. The molecule has 0 saturated heterocycles. The molecule has 0 bridgehead atoms. The third-order valence-electron chi connectivity index (χ3n) is 3.51. The van der Waals surface area contributed by atoms with Crippen molar-refractivity contribution in [2.24, 2.45) is 0 Å². The first-order valence-corrected chi connectivity index (χ1v) is 7.21. The number of hydrogen-bond donors (Lipinski definition) is 1. The Bertz CT molecular complexity index is 723. The molecule has 1 unspecified atom stereocenters. The van der Waals surface area contributed by atoms with Crippen molar-refractivity contribution in [1.82, 2.24) is 0 Å². The highest BCUT2D eigenvalue weighted by atomic mass is 35.5. The van der Waals surface area contributed by atoms with E-state index in [0.29, 0.717) is 5.02 Å². The van der Waals surface area contributed by atoms with Crippen molar-refractivity contribution < 1.29 is 5.11 Å². The van der Waals surface area contributed by atoms with Crippen molar-refractivity contribution in [3.63, 3.8) is 0 Å². The Hall–Kier alpha value is -2.09. The smallest absolute Gasteiger partial charge is 0.104 e. The maximum Gasteiger partial charge on any atom is 0.104 e. The highest BCUT2D eigenvalue weighted by molar-refractivity contribution is 6.33. The second-order valence-electron chi connectivity index (χ2n) is 4.92. The average molecular weight is 295 g/mol. The molecule has 0 aliphatic heterocycles. The largest absolute Gasteiger partial charge is 0.384 e. The molecule has 0 saturated carbocycles. The van der Waals surface area contributed by atoms with Crippen LogP contribution in [0.3, 0.4) is 0 Å². The van der Waals surface area contributed by atoms with Crippen molar-refractivity contribution in [1.29, 1.82) is 0 Å². The van der Waals surface area contributed by atoms with E-state index in [9.17, 15) is 5.11 Å². The van der Waals surface area contributed by atoms with Crippen LogP contribution >= 0.6 is 11.6 Å². The van der Waals surface area contributed by atoms with Gasteiger partial charge in [0, 0.05) is 10.6 Å². The van der Waals surface area contributed by atoms with E-state index in [1.165, 1.54) is 0 Å². The Morgan fingerprint density at radius 2 is 1.33 bits per heavy atom. The summed E-state index contributed by atoms with van der Waals surface area (Å²) in [5.41, 5.74) is 3.69. The summed E-state index contributed by atoms with van der Waals surface area (Å²) >= 11 is 6.30. The lowest BCUT2D eigenvalue weighted by Crippen LogP contribution is -1.99. The lowest BCUT2D eigenvalue weighted by Gasteiger charge is -2.14. The predicted octanol–water partition coefficient (Wildman–Crippen LogP) is 5.09. The molecule has 1 N–H and O–H groups in total. The second-order valence-corrected chi connectivity index (χ2v) is 5.33. The third kappa shape index (κ3) is 2.99. The topological polar surface area (TPSA) is 20.2 Å². The molecule has 1 atom stereocenters. The van der Waals surface area contributed by atoms with E-state index >= 15 is 0 Å². The minimum Gasteiger partial charge on any atom is -0.384 e. The van der Waals surface area contributed by atoms with Gasteiger partial charge >= 0.3 is 0 Å². The van der Waals surface area contributed by atoms with Gasteiger partial charge in [-0.15, -0.1) is 0 Å². The van der Waals surface area contributed by atoms with Crippen molar-refractivity contribution in [3.8, 4) is 11.1 Å². The van der Waals surface area contributed by atoms with Gasteiger partial charge in [-0.1, -0.05) is 78.3 Å². The summed E-state index contributed by atoms with van der Waals surface area (Å²) in [4.78, 5) is 0. The van der Waals surface area contributed by atoms with E-state index in [1.807, 2.05) is 78.9 Å². The molecule has 3 rings (SSSR count). The van der Waals surface area contributed by atoms with Crippen LogP contribution in [0.4, 0.5) is 0 Å². The van der Waals surface area contributed by atoms with Gasteiger partial charge < -0.3 is 5.11 Å². The summed E-state index contributed by atoms with van der Waals surface area (Å²) in [6.45, 7) is 0. The molecule has 21 heavy (non-hydrogen) atoms. The van der Waals surface area contributed by atoms with Crippen LogP contribution < -0.4 is 0 Å². The van der Waals surface area contributed by atoms with Crippen LogP contribution in [-0.4, -0.2) is 5.11 Å².